The Labute approximate surface area is 159 Å². The first-order valence-electron chi connectivity index (χ1n) is 7.72. The van der Waals surface area contributed by atoms with E-state index in [1.54, 1.807) is 12.1 Å². The van der Waals surface area contributed by atoms with Crippen molar-refractivity contribution in [2.45, 2.75) is 4.90 Å². The maximum absolute atomic E-state index is 12.1. The monoisotopic (exact) mass is 401 g/mol. The van der Waals surface area contributed by atoms with Gasteiger partial charge >= 0.3 is 5.91 Å². The van der Waals surface area contributed by atoms with Crippen LogP contribution in [0.15, 0.2) is 58.5 Å². The molecule has 28 heavy (non-hydrogen) atoms. The molecule has 1 heterocycles. The van der Waals surface area contributed by atoms with Gasteiger partial charge in [-0.1, -0.05) is 0 Å². The number of rotatable bonds is 5. The molecule has 0 unspecified atom stereocenters. The Morgan fingerprint density at radius 3 is 2.39 bits per heavy atom. The predicted octanol–water partition coefficient (Wildman–Crippen LogP) is -0.0336. The van der Waals surface area contributed by atoms with Crippen molar-refractivity contribution in [1.82, 2.24) is 20.2 Å². The Morgan fingerprint density at radius 1 is 1.14 bits per heavy atom. The molecule has 3 rings (SSSR count). The summed E-state index contributed by atoms with van der Waals surface area (Å²) >= 11 is 0. The second-order valence-electron chi connectivity index (χ2n) is 5.53. The smallest absolute Gasteiger partial charge is 0.311 e. The quantitative estimate of drug-likeness (QED) is 0.342. The molecule has 0 bridgehead atoms. The molecular formula is C16H15N7O4S. The predicted molar refractivity (Wildman–Crippen MR) is 100 cm³/mol. The van der Waals surface area contributed by atoms with Crippen LogP contribution in [0.4, 0.5) is 5.95 Å². The first-order valence-corrected chi connectivity index (χ1v) is 9.27. The molecular weight excluding hydrogens is 386 g/mol. The number of nitrogens with one attached hydrogen (secondary N) is 1. The van der Waals surface area contributed by atoms with Gasteiger partial charge in [0.2, 0.25) is 21.8 Å². The molecule has 1 aromatic heterocycles. The fourth-order valence-corrected chi connectivity index (χ4v) is 2.68. The highest BCUT2D eigenvalue weighted by Crippen LogP contribution is 2.15. The minimum absolute atomic E-state index is 0.0727. The summed E-state index contributed by atoms with van der Waals surface area (Å²) in [7, 11) is -3.83. The molecule has 0 radical (unpaired) electrons. The lowest BCUT2D eigenvalue weighted by Gasteiger charge is -2.03. The third-order valence-electron chi connectivity index (χ3n) is 3.52. The van der Waals surface area contributed by atoms with Crippen molar-refractivity contribution < 1.29 is 18.3 Å². The topological polar surface area (TPSA) is 179 Å². The summed E-state index contributed by atoms with van der Waals surface area (Å²) in [5, 5.41) is 22.0. The van der Waals surface area contributed by atoms with Crippen LogP contribution in [0, 0.1) is 0 Å². The largest absolute Gasteiger partial charge is 0.508 e. The molecule has 0 saturated carbocycles. The lowest BCUT2D eigenvalue weighted by Crippen LogP contribution is -2.19. The Morgan fingerprint density at radius 2 is 1.79 bits per heavy atom. The molecule has 0 aliphatic heterocycles. The van der Waals surface area contributed by atoms with Gasteiger partial charge in [0.1, 0.15) is 5.75 Å². The lowest BCUT2D eigenvalue weighted by molar-refractivity contribution is 0.0945. The third-order valence-corrected chi connectivity index (χ3v) is 4.45. The summed E-state index contributed by atoms with van der Waals surface area (Å²) in [4.78, 5) is 15.9. The van der Waals surface area contributed by atoms with Crippen molar-refractivity contribution in [1.29, 1.82) is 0 Å². The molecule has 2 aromatic carbocycles. The number of hydrogen-bond acceptors (Lipinski definition) is 8. The van der Waals surface area contributed by atoms with Crippen LogP contribution in [0.2, 0.25) is 0 Å². The van der Waals surface area contributed by atoms with Crippen molar-refractivity contribution in [3.05, 3.63) is 59.9 Å². The highest BCUT2D eigenvalue weighted by Gasteiger charge is 2.16. The van der Waals surface area contributed by atoms with E-state index in [-0.39, 0.29) is 22.4 Å². The van der Waals surface area contributed by atoms with E-state index in [4.69, 9.17) is 10.9 Å². The molecule has 1 amide bonds. The summed E-state index contributed by atoms with van der Waals surface area (Å²) in [6, 6.07) is 11.6. The van der Waals surface area contributed by atoms with Gasteiger partial charge in [-0.15, -0.1) is 5.10 Å². The number of benzene rings is 2. The lowest BCUT2D eigenvalue weighted by atomic mass is 10.2. The molecule has 144 valence electrons. The van der Waals surface area contributed by atoms with E-state index in [0.29, 0.717) is 11.3 Å². The van der Waals surface area contributed by atoms with Crippen LogP contribution in [-0.4, -0.2) is 40.4 Å². The number of aromatic hydroxyl groups is 1. The molecule has 11 nitrogen and oxygen atoms in total. The highest BCUT2D eigenvalue weighted by atomic mass is 32.2. The second-order valence-corrected chi connectivity index (χ2v) is 7.10. The summed E-state index contributed by atoms with van der Waals surface area (Å²) < 4.78 is 23.8. The number of primary sulfonamides is 1. The average molecular weight is 401 g/mol. The number of sulfonamides is 1. The number of phenolic OH excluding ortho intramolecular Hbond substituents is 1. The van der Waals surface area contributed by atoms with E-state index in [1.165, 1.54) is 47.3 Å². The van der Waals surface area contributed by atoms with E-state index in [1.807, 2.05) is 0 Å². The summed E-state index contributed by atoms with van der Waals surface area (Å²) in [5.41, 5.74) is 9.09. The summed E-state index contributed by atoms with van der Waals surface area (Å²) in [6.07, 6.45) is 1.38. The first kappa shape index (κ1) is 19.0. The van der Waals surface area contributed by atoms with Gasteiger partial charge in [0.15, 0.2) is 0 Å². The van der Waals surface area contributed by atoms with Crippen LogP contribution in [0.1, 0.15) is 16.2 Å². The molecule has 6 N–H and O–H groups in total. The molecule has 0 fully saturated rings. The second kappa shape index (κ2) is 7.46. The van der Waals surface area contributed by atoms with Gasteiger partial charge < -0.3 is 10.8 Å². The van der Waals surface area contributed by atoms with Crippen LogP contribution in [-0.2, 0) is 10.0 Å². The standard InChI is InChI=1S/C16H15N7O4S/c17-16-20-14(15(25)21-19-9-10-1-5-12(24)6-2-10)22-23(16)11-3-7-13(8-4-11)28(18,26)27/h1-9,24H,(H,21,25)(H2,17,20,22)(H2,18,26,27)/b19-9+. The normalized spacial score (nSPS) is 11.6. The number of nitrogen functional groups attached to an aromatic ring is 1. The number of amides is 1. The summed E-state index contributed by atoms with van der Waals surface area (Å²) in [5.74, 6) is -0.878. The third kappa shape index (κ3) is 4.31. The Bertz CT molecular complexity index is 1140. The average Bonchev–Trinajstić information content (AvgIpc) is 3.04. The SMILES string of the molecule is Nc1nc(C(=O)N/N=C/c2ccc(O)cc2)nn1-c1ccc(S(N)(=O)=O)cc1. The van der Waals surface area contributed by atoms with E-state index in [2.05, 4.69) is 20.6 Å². The van der Waals surface area contributed by atoms with Crippen LogP contribution < -0.4 is 16.3 Å². The number of carbonyl (C=O) groups excluding carboxylic acids is 1. The number of hydrazone groups is 1. The summed E-state index contributed by atoms with van der Waals surface area (Å²) in [6.45, 7) is 0. The van der Waals surface area contributed by atoms with E-state index >= 15 is 0 Å². The zero-order chi connectivity index (χ0) is 20.3. The molecule has 3 aromatic rings. The number of nitrogens with two attached hydrogens (primary N) is 2. The fraction of sp³-hybridized carbons (Fsp3) is 0. The molecule has 0 aliphatic rings. The maximum Gasteiger partial charge on any atom is 0.311 e. The van der Waals surface area contributed by atoms with Gasteiger partial charge in [0, 0.05) is 0 Å². The Hall–Kier alpha value is -3.77. The molecule has 0 spiro atoms. The number of nitrogens with zero attached hydrogens (tertiary/aromatic N) is 4. The van der Waals surface area contributed by atoms with Crippen LogP contribution in [0.3, 0.4) is 0 Å². The minimum atomic E-state index is -3.83. The molecule has 12 heteroatoms. The maximum atomic E-state index is 12.1. The number of carbonyl (C=O) groups is 1. The van der Waals surface area contributed by atoms with Crippen molar-refractivity contribution in [2.24, 2.45) is 10.2 Å². The van der Waals surface area contributed by atoms with E-state index in [0.717, 1.165) is 0 Å². The Balaban J connectivity index is 1.74. The van der Waals surface area contributed by atoms with Gasteiger partial charge in [0.25, 0.3) is 0 Å². The van der Waals surface area contributed by atoms with Crippen molar-refractivity contribution in [3.8, 4) is 11.4 Å². The number of anilines is 1. The van der Waals surface area contributed by atoms with Gasteiger partial charge in [-0.05, 0) is 54.1 Å². The van der Waals surface area contributed by atoms with Gasteiger partial charge in [0.05, 0.1) is 16.8 Å². The van der Waals surface area contributed by atoms with Gasteiger partial charge in [-0.25, -0.2) is 19.0 Å². The zero-order valence-corrected chi connectivity index (χ0v) is 15.0. The van der Waals surface area contributed by atoms with Crippen molar-refractivity contribution >= 4 is 28.1 Å². The van der Waals surface area contributed by atoms with Crippen LogP contribution >= 0.6 is 0 Å². The highest BCUT2D eigenvalue weighted by molar-refractivity contribution is 7.89. The molecule has 0 saturated heterocycles. The zero-order valence-electron chi connectivity index (χ0n) is 14.2. The molecule has 0 aliphatic carbocycles. The van der Waals surface area contributed by atoms with Crippen molar-refractivity contribution in [2.75, 3.05) is 5.73 Å². The van der Waals surface area contributed by atoms with E-state index < -0.39 is 15.9 Å². The fourth-order valence-electron chi connectivity index (χ4n) is 2.16. The number of phenols is 1. The van der Waals surface area contributed by atoms with Gasteiger partial charge in [-0.3, -0.25) is 4.79 Å². The van der Waals surface area contributed by atoms with Gasteiger partial charge in [-0.2, -0.15) is 14.8 Å². The van der Waals surface area contributed by atoms with E-state index in [9.17, 15) is 18.3 Å². The first-order chi connectivity index (χ1) is 13.2. The number of hydrogen-bond donors (Lipinski definition) is 4. The molecule has 0 atom stereocenters. The number of aromatic nitrogens is 3. The van der Waals surface area contributed by atoms with Crippen LogP contribution in [0.5, 0.6) is 5.75 Å². The Kier molecular flexibility index (Phi) is 5.06. The van der Waals surface area contributed by atoms with Crippen LogP contribution in [0.25, 0.3) is 5.69 Å². The van der Waals surface area contributed by atoms with Crippen molar-refractivity contribution in [3.63, 3.8) is 0 Å². The minimum Gasteiger partial charge on any atom is -0.508 e.